The van der Waals surface area contributed by atoms with E-state index in [4.69, 9.17) is 9.15 Å². The van der Waals surface area contributed by atoms with Crippen LogP contribution in [0, 0.1) is 6.92 Å². The maximum absolute atomic E-state index is 12.2. The smallest absolute Gasteiger partial charge is 0.222 e. The molecule has 1 aromatic heterocycles. The van der Waals surface area contributed by atoms with Gasteiger partial charge in [-0.1, -0.05) is 30.3 Å². The average Bonchev–Trinajstić information content (AvgIpc) is 3.04. The lowest BCUT2D eigenvalue weighted by Gasteiger charge is -2.13. The first-order chi connectivity index (χ1) is 12.1. The average molecular weight is 333 g/mol. The fraction of sp³-hybridized carbons (Fsp3) is 0.0952. The quantitative estimate of drug-likeness (QED) is 0.472. The molecule has 0 unspecified atom stereocenters. The fourth-order valence-electron chi connectivity index (χ4n) is 2.36. The predicted octanol–water partition coefficient (Wildman–Crippen LogP) is 5.58. The van der Waals surface area contributed by atoms with Crippen molar-refractivity contribution in [1.29, 1.82) is 0 Å². The molecule has 0 saturated heterocycles. The molecule has 126 valence electrons. The third-order valence-electron chi connectivity index (χ3n) is 3.52. The molecule has 0 fully saturated rings. The molecule has 0 radical (unpaired) electrons. The Morgan fingerprint density at radius 2 is 1.72 bits per heavy atom. The van der Waals surface area contributed by atoms with Crippen LogP contribution in [0.25, 0.3) is 0 Å². The van der Waals surface area contributed by atoms with Crippen LogP contribution in [-0.2, 0) is 0 Å². The Morgan fingerprint density at radius 3 is 2.44 bits per heavy atom. The van der Waals surface area contributed by atoms with Crippen molar-refractivity contribution in [3.8, 4) is 11.5 Å². The van der Waals surface area contributed by atoms with Crippen LogP contribution in [0.3, 0.4) is 0 Å². The third-order valence-corrected chi connectivity index (χ3v) is 3.52. The van der Waals surface area contributed by atoms with Crippen molar-refractivity contribution < 1.29 is 13.9 Å². The first kappa shape index (κ1) is 16.6. The summed E-state index contributed by atoms with van der Waals surface area (Å²) in [5.74, 6) is 2.29. The molecule has 3 aromatic rings. The number of para-hydroxylation sites is 3. The van der Waals surface area contributed by atoms with E-state index in [-0.39, 0.29) is 5.78 Å². The monoisotopic (exact) mass is 333 g/mol. The molecular formula is C21H19NO3. The molecule has 4 nitrogen and oxygen atoms in total. The Labute approximate surface area is 146 Å². The molecule has 0 aliphatic heterocycles. The number of benzene rings is 2. The molecule has 0 spiro atoms. The van der Waals surface area contributed by atoms with Crippen LogP contribution in [-0.4, -0.2) is 5.78 Å². The minimum absolute atomic E-state index is 0.181. The standard InChI is InChI=1S/C21H19NO3/c1-15(14-19(23)21-13-12-16(2)24-21)22-18-10-6-7-11-20(18)25-17-8-4-3-5-9-17/h3-14,22H,1-2H3/b15-14+. The zero-order chi connectivity index (χ0) is 17.6. The third kappa shape index (κ3) is 4.38. The van der Waals surface area contributed by atoms with E-state index >= 15 is 0 Å². The molecule has 1 heterocycles. The summed E-state index contributed by atoms with van der Waals surface area (Å²) in [4.78, 5) is 12.2. The second-order valence-corrected chi connectivity index (χ2v) is 5.64. The van der Waals surface area contributed by atoms with E-state index in [2.05, 4.69) is 5.32 Å². The molecule has 0 saturated carbocycles. The SMILES string of the molecule is C/C(=C\C(=O)c1ccc(C)o1)Nc1ccccc1Oc1ccccc1. The van der Waals surface area contributed by atoms with E-state index in [1.807, 2.05) is 68.4 Å². The van der Waals surface area contributed by atoms with Crippen LogP contribution in [0.15, 0.2) is 82.9 Å². The number of carbonyl (C=O) groups is 1. The van der Waals surface area contributed by atoms with Crippen LogP contribution in [0.5, 0.6) is 11.5 Å². The summed E-state index contributed by atoms with van der Waals surface area (Å²) >= 11 is 0. The maximum Gasteiger partial charge on any atom is 0.222 e. The Morgan fingerprint density at radius 1 is 1.00 bits per heavy atom. The van der Waals surface area contributed by atoms with Crippen molar-refractivity contribution in [3.63, 3.8) is 0 Å². The van der Waals surface area contributed by atoms with Crippen molar-refractivity contribution in [2.24, 2.45) is 0 Å². The van der Waals surface area contributed by atoms with E-state index in [1.54, 1.807) is 12.1 Å². The number of ether oxygens (including phenoxy) is 1. The molecule has 0 bridgehead atoms. The number of aryl methyl sites for hydroxylation is 1. The van der Waals surface area contributed by atoms with Crippen molar-refractivity contribution in [1.82, 2.24) is 0 Å². The van der Waals surface area contributed by atoms with Gasteiger partial charge in [-0.2, -0.15) is 0 Å². The lowest BCUT2D eigenvalue weighted by atomic mass is 10.2. The number of allylic oxidation sites excluding steroid dienone is 2. The molecular weight excluding hydrogens is 314 g/mol. The highest BCUT2D eigenvalue weighted by atomic mass is 16.5. The lowest BCUT2D eigenvalue weighted by molar-refractivity contribution is 0.102. The topological polar surface area (TPSA) is 51.5 Å². The number of hydrogen-bond acceptors (Lipinski definition) is 4. The molecule has 0 aliphatic rings. The normalized spacial score (nSPS) is 11.2. The predicted molar refractivity (Wildman–Crippen MR) is 98.1 cm³/mol. The Bertz CT molecular complexity index is 894. The number of ketones is 1. The van der Waals surface area contributed by atoms with Crippen LogP contribution in [0.4, 0.5) is 5.69 Å². The molecule has 25 heavy (non-hydrogen) atoms. The van der Waals surface area contributed by atoms with Gasteiger partial charge in [-0.25, -0.2) is 0 Å². The van der Waals surface area contributed by atoms with Crippen molar-refractivity contribution >= 4 is 11.5 Å². The summed E-state index contributed by atoms with van der Waals surface area (Å²) < 4.78 is 11.3. The number of furan rings is 1. The van der Waals surface area contributed by atoms with Crippen molar-refractivity contribution in [3.05, 3.63) is 90.0 Å². The van der Waals surface area contributed by atoms with Crippen LogP contribution >= 0.6 is 0 Å². The second-order valence-electron chi connectivity index (χ2n) is 5.64. The van der Waals surface area contributed by atoms with Crippen LogP contribution < -0.4 is 10.1 Å². The van der Waals surface area contributed by atoms with E-state index in [1.165, 1.54) is 6.08 Å². The van der Waals surface area contributed by atoms with Gasteiger partial charge in [0, 0.05) is 11.8 Å². The minimum Gasteiger partial charge on any atom is -0.458 e. The van der Waals surface area contributed by atoms with E-state index < -0.39 is 0 Å². The van der Waals surface area contributed by atoms with E-state index in [0.717, 1.165) is 11.4 Å². The van der Waals surface area contributed by atoms with Gasteiger partial charge in [-0.15, -0.1) is 0 Å². The highest BCUT2D eigenvalue weighted by Crippen LogP contribution is 2.30. The van der Waals surface area contributed by atoms with Gasteiger partial charge in [0.25, 0.3) is 0 Å². The highest BCUT2D eigenvalue weighted by Gasteiger charge is 2.09. The van der Waals surface area contributed by atoms with E-state index in [9.17, 15) is 4.79 Å². The Kier molecular flexibility index (Phi) is 5.00. The molecule has 0 amide bonds. The van der Waals surface area contributed by atoms with Crippen LogP contribution in [0.1, 0.15) is 23.2 Å². The molecule has 3 rings (SSSR count). The zero-order valence-electron chi connectivity index (χ0n) is 14.2. The number of anilines is 1. The van der Waals surface area contributed by atoms with Gasteiger partial charge in [0.05, 0.1) is 5.69 Å². The maximum atomic E-state index is 12.2. The first-order valence-electron chi connectivity index (χ1n) is 8.00. The zero-order valence-corrected chi connectivity index (χ0v) is 14.2. The summed E-state index contributed by atoms with van der Waals surface area (Å²) in [6.07, 6.45) is 1.51. The van der Waals surface area contributed by atoms with Crippen molar-refractivity contribution in [2.45, 2.75) is 13.8 Å². The highest BCUT2D eigenvalue weighted by molar-refractivity contribution is 6.03. The van der Waals surface area contributed by atoms with Gasteiger partial charge in [-0.05, 0) is 50.2 Å². The van der Waals surface area contributed by atoms with Gasteiger partial charge in [0.2, 0.25) is 5.78 Å². The van der Waals surface area contributed by atoms with Gasteiger partial charge in [0.15, 0.2) is 11.5 Å². The minimum atomic E-state index is -0.181. The summed E-state index contributed by atoms with van der Waals surface area (Å²) in [5, 5.41) is 3.21. The van der Waals surface area contributed by atoms with Gasteiger partial charge in [0.1, 0.15) is 11.5 Å². The summed E-state index contributed by atoms with van der Waals surface area (Å²) in [5.41, 5.74) is 1.48. The van der Waals surface area contributed by atoms with Crippen LogP contribution in [0.2, 0.25) is 0 Å². The number of rotatable bonds is 6. The van der Waals surface area contributed by atoms with Crippen molar-refractivity contribution in [2.75, 3.05) is 5.32 Å². The Hall–Kier alpha value is -3.27. The molecule has 4 heteroatoms. The summed E-state index contributed by atoms with van der Waals surface area (Å²) in [6.45, 7) is 3.63. The largest absolute Gasteiger partial charge is 0.458 e. The lowest BCUT2D eigenvalue weighted by Crippen LogP contribution is -2.02. The first-order valence-corrected chi connectivity index (χ1v) is 8.00. The summed E-state index contributed by atoms with van der Waals surface area (Å²) in [7, 11) is 0. The number of nitrogens with one attached hydrogen (secondary N) is 1. The Balaban J connectivity index is 1.76. The van der Waals surface area contributed by atoms with Gasteiger partial charge in [-0.3, -0.25) is 4.79 Å². The van der Waals surface area contributed by atoms with E-state index in [0.29, 0.717) is 23.0 Å². The number of carbonyl (C=O) groups excluding carboxylic acids is 1. The molecule has 0 aliphatic carbocycles. The van der Waals surface area contributed by atoms with Gasteiger partial charge < -0.3 is 14.5 Å². The van der Waals surface area contributed by atoms with Gasteiger partial charge >= 0.3 is 0 Å². The second kappa shape index (κ2) is 7.53. The fourth-order valence-corrected chi connectivity index (χ4v) is 2.36. The molecule has 2 aromatic carbocycles. The molecule has 1 N–H and O–H groups in total. The summed E-state index contributed by atoms with van der Waals surface area (Å²) in [6, 6.07) is 20.6. The molecule has 0 atom stereocenters. The number of hydrogen-bond donors (Lipinski definition) is 1.